The van der Waals surface area contributed by atoms with E-state index in [9.17, 15) is 19.8 Å². The van der Waals surface area contributed by atoms with Crippen molar-refractivity contribution in [3.05, 3.63) is 23.8 Å². The molecule has 33 heavy (non-hydrogen) atoms. The van der Waals surface area contributed by atoms with Crippen LogP contribution in [0.2, 0.25) is 18.1 Å². The fraction of sp³-hybridized carbons (Fsp3) is 0.760. The van der Waals surface area contributed by atoms with Crippen molar-refractivity contribution < 1.29 is 33.7 Å². The van der Waals surface area contributed by atoms with Crippen LogP contribution < -0.4 is 0 Å². The first-order valence-electron chi connectivity index (χ1n) is 12.2. The maximum absolute atomic E-state index is 13.0. The highest BCUT2D eigenvalue weighted by Crippen LogP contribution is 2.31. The fourth-order valence-electron chi connectivity index (χ4n) is 4.33. The van der Waals surface area contributed by atoms with Gasteiger partial charge in [0, 0.05) is 12.8 Å². The van der Waals surface area contributed by atoms with Crippen LogP contribution >= 0.6 is 0 Å². The van der Waals surface area contributed by atoms with E-state index in [1.807, 2.05) is 6.92 Å². The number of cyclic esters (lactones) is 1. The standard InChI is InChI=1S/C25H44O7Si/c1-8-33(9-2,10-3)32-21-13-15-25(7,29)22(30-20(6)27)12-11-18(4)24(19(5)14-16-26)31-23(28)17-21/h11-12,14,18,21-22,24,26,29H,8-10,13,15-17H2,1-7H3/t18-,21+,22-,24-,25+/m0/s1. The normalized spacial score (nSPS) is 30.2. The molecule has 0 radical (unpaired) electrons. The monoisotopic (exact) mass is 484 g/mol. The topological polar surface area (TPSA) is 102 Å². The number of hydrogen-bond acceptors (Lipinski definition) is 7. The van der Waals surface area contributed by atoms with E-state index in [-0.39, 0.29) is 24.9 Å². The van der Waals surface area contributed by atoms with E-state index < -0.39 is 38.2 Å². The molecule has 1 aliphatic rings. The second kappa shape index (κ2) is 13.4. The Morgan fingerprint density at radius 2 is 1.85 bits per heavy atom. The Morgan fingerprint density at radius 1 is 1.24 bits per heavy atom. The van der Waals surface area contributed by atoms with E-state index in [0.29, 0.717) is 12.8 Å². The molecule has 0 bridgehead atoms. The summed E-state index contributed by atoms with van der Waals surface area (Å²) in [6.07, 6.45) is 4.07. The van der Waals surface area contributed by atoms with Crippen molar-refractivity contribution in [2.75, 3.05) is 6.61 Å². The van der Waals surface area contributed by atoms with Gasteiger partial charge in [-0.1, -0.05) is 39.8 Å². The summed E-state index contributed by atoms with van der Waals surface area (Å²) < 4.78 is 17.9. The third kappa shape index (κ3) is 9.00. The zero-order valence-electron chi connectivity index (χ0n) is 21.4. The van der Waals surface area contributed by atoms with Crippen LogP contribution in [-0.2, 0) is 23.5 Å². The molecule has 1 aliphatic heterocycles. The second-order valence-corrected chi connectivity index (χ2v) is 14.1. The van der Waals surface area contributed by atoms with Crippen molar-refractivity contribution in [3.63, 3.8) is 0 Å². The first-order chi connectivity index (χ1) is 15.4. The average Bonchev–Trinajstić information content (AvgIpc) is 2.76. The lowest BCUT2D eigenvalue weighted by molar-refractivity contribution is -0.157. The molecule has 0 saturated heterocycles. The van der Waals surface area contributed by atoms with Gasteiger partial charge < -0.3 is 24.1 Å². The Hall–Kier alpha value is -1.48. The summed E-state index contributed by atoms with van der Waals surface area (Å²) in [7, 11) is -2.01. The molecule has 0 unspecified atom stereocenters. The molecular formula is C25H44O7Si. The highest BCUT2D eigenvalue weighted by Gasteiger charge is 2.38. The summed E-state index contributed by atoms with van der Waals surface area (Å²) in [6.45, 7) is 12.9. The van der Waals surface area contributed by atoms with E-state index in [4.69, 9.17) is 13.9 Å². The number of carbonyl (C=O) groups is 2. The number of esters is 2. The lowest BCUT2D eigenvalue weighted by Crippen LogP contribution is -2.45. The van der Waals surface area contributed by atoms with Crippen LogP contribution in [0.25, 0.3) is 0 Å². The molecular weight excluding hydrogens is 440 g/mol. The molecule has 0 amide bonds. The molecule has 7 nitrogen and oxygen atoms in total. The summed E-state index contributed by atoms with van der Waals surface area (Å²) in [5.41, 5.74) is -0.597. The molecule has 0 fully saturated rings. The van der Waals surface area contributed by atoms with Crippen molar-refractivity contribution in [3.8, 4) is 0 Å². The summed E-state index contributed by atoms with van der Waals surface area (Å²) in [5.74, 6) is -1.11. The van der Waals surface area contributed by atoms with Crippen molar-refractivity contribution in [2.24, 2.45) is 5.92 Å². The number of carbonyl (C=O) groups excluding carboxylic acids is 2. The van der Waals surface area contributed by atoms with Crippen molar-refractivity contribution in [2.45, 2.75) is 110 Å². The largest absolute Gasteiger partial charge is 0.457 e. The molecule has 8 heteroatoms. The molecule has 0 aromatic rings. The van der Waals surface area contributed by atoms with Crippen LogP contribution in [0.15, 0.2) is 23.8 Å². The van der Waals surface area contributed by atoms with Crippen LogP contribution in [0.5, 0.6) is 0 Å². The number of hydrogen-bond donors (Lipinski definition) is 2. The first kappa shape index (κ1) is 29.5. The third-order valence-electron chi connectivity index (χ3n) is 6.81. The molecule has 0 saturated carbocycles. The van der Waals surface area contributed by atoms with E-state index in [2.05, 4.69) is 20.8 Å². The van der Waals surface area contributed by atoms with Gasteiger partial charge in [-0.05, 0) is 56.5 Å². The van der Waals surface area contributed by atoms with E-state index in [0.717, 1.165) is 23.7 Å². The number of ether oxygens (including phenoxy) is 2. The van der Waals surface area contributed by atoms with Crippen LogP contribution in [0.1, 0.15) is 67.7 Å². The van der Waals surface area contributed by atoms with Gasteiger partial charge in [0.1, 0.15) is 17.8 Å². The summed E-state index contributed by atoms with van der Waals surface area (Å²) >= 11 is 0. The van der Waals surface area contributed by atoms with Gasteiger partial charge in [-0.2, -0.15) is 0 Å². The van der Waals surface area contributed by atoms with Gasteiger partial charge in [0.05, 0.1) is 19.1 Å². The Labute approximate surface area is 200 Å². The minimum Gasteiger partial charge on any atom is -0.457 e. The van der Waals surface area contributed by atoms with Crippen LogP contribution in [0, 0.1) is 5.92 Å². The second-order valence-electron chi connectivity index (χ2n) is 9.40. The van der Waals surface area contributed by atoms with Crippen molar-refractivity contribution >= 4 is 20.3 Å². The fourth-order valence-corrected chi connectivity index (χ4v) is 7.24. The molecule has 0 aliphatic carbocycles. The van der Waals surface area contributed by atoms with Gasteiger partial charge in [-0.3, -0.25) is 9.59 Å². The Kier molecular flexibility index (Phi) is 12.0. The summed E-state index contributed by atoms with van der Waals surface area (Å²) in [5, 5.41) is 20.6. The minimum absolute atomic E-state index is 0.0857. The Bertz CT molecular complexity index is 689. The van der Waals surface area contributed by atoms with Crippen LogP contribution in [-0.4, -0.2) is 61.0 Å². The quantitative estimate of drug-likeness (QED) is 0.301. The van der Waals surface area contributed by atoms with Crippen LogP contribution in [0.4, 0.5) is 0 Å². The van der Waals surface area contributed by atoms with Gasteiger partial charge in [0.2, 0.25) is 0 Å². The average molecular weight is 485 g/mol. The third-order valence-corrected chi connectivity index (χ3v) is 11.5. The molecule has 190 valence electrons. The molecule has 5 atom stereocenters. The smallest absolute Gasteiger partial charge is 0.308 e. The van der Waals surface area contributed by atoms with Crippen molar-refractivity contribution in [1.29, 1.82) is 0 Å². The summed E-state index contributed by atoms with van der Waals surface area (Å²) in [6, 6.07) is 2.83. The van der Waals surface area contributed by atoms with Crippen molar-refractivity contribution in [1.82, 2.24) is 0 Å². The van der Waals surface area contributed by atoms with Gasteiger partial charge >= 0.3 is 11.9 Å². The van der Waals surface area contributed by atoms with E-state index in [1.54, 1.807) is 32.1 Å². The van der Waals surface area contributed by atoms with Gasteiger partial charge in [0.15, 0.2) is 8.32 Å². The molecule has 0 spiro atoms. The lowest BCUT2D eigenvalue weighted by atomic mass is 9.89. The molecule has 1 heterocycles. The Morgan fingerprint density at radius 3 is 2.36 bits per heavy atom. The summed E-state index contributed by atoms with van der Waals surface area (Å²) in [4.78, 5) is 24.7. The van der Waals surface area contributed by atoms with Gasteiger partial charge in [0.25, 0.3) is 0 Å². The Balaban J connectivity index is 3.39. The maximum atomic E-state index is 13.0. The van der Waals surface area contributed by atoms with E-state index in [1.165, 1.54) is 6.92 Å². The number of rotatable bonds is 8. The predicted octanol–water partition coefficient (Wildman–Crippen LogP) is 4.29. The minimum atomic E-state index is -2.01. The highest BCUT2D eigenvalue weighted by molar-refractivity contribution is 6.73. The predicted molar refractivity (Wildman–Crippen MR) is 131 cm³/mol. The lowest BCUT2D eigenvalue weighted by Gasteiger charge is -2.36. The highest BCUT2D eigenvalue weighted by atomic mass is 28.4. The van der Waals surface area contributed by atoms with Gasteiger partial charge in [-0.15, -0.1) is 0 Å². The number of aliphatic hydroxyl groups is 2. The number of aliphatic hydroxyl groups excluding tert-OH is 1. The molecule has 1 rings (SSSR count). The molecule has 0 aromatic carbocycles. The van der Waals surface area contributed by atoms with Gasteiger partial charge in [-0.25, -0.2) is 0 Å². The molecule has 0 aromatic heterocycles. The zero-order valence-corrected chi connectivity index (χ0v) is 22.4. The molecule has 2 N–H and O–H groups in total. The first-order valence-corrected chi connectivity index (χ1v) is 14.7. The zero-order chi connectivity index (χ0) is 25.2. The van der Waals surface area contributed by atoms with E-state index >= 15 is 0 Å². The maximum Gasteiger partial charge on any atom is 0.308 e. The van der Waals surface area contributed by atoms with Crippen LogP contribution in [0.3, 0.4) is 0 Å². The SMILES string of the molecule is CC[Si](CC)(CC)O[C@@H]1CC[C@@](C)(O)[C@@H](OC(C)=O)C=C[C@H](C)[C@@H](C(C)=CCO)OC(=O)C1.